The smallest absolute Gasteiger partial charge is 0.175 e. The summed E-state index contributed by atoms with van der Waals surface area (Å²) in [7, 11) is 3.22. The van der Waals surface area contributed by atoms with Gasteiger partial charge in [0, 0.05) is 18.0 Å². The highest BCUT2D eigenvalue weighted by Crippen LogP contribution is 2.29. The van der Waals surface area contributed by atoms with Gasteiger partial charge in [0.15, 0.2) is 5.11 Å². The molecule has 2 aromatic carbocycles. The summed E-state index contributed by atoms with van der Waals surface area (Å²) < 4.78 is 12.4. The lowest BCUT2D eigenvalue weighted by Gasteiger charge is -2.15. The molecule has 0 radical (unpaired) electrons. The summed E-state index contributed by atoms with van der Waals surface area (Å²) in [5, 5.41) is 11.6. The van der Waals surface area contributed by atoms with Crippen molar-refractivity contribution in [3.8, 4) is 11.5 Å². The van der Waals surface area contributed by atoms with E-state index in [0.717, 1.165) is 16.9 Å². The van der Waals surface area contributed by atoms with Crippen molar-refractivity contribution in [3.05, 3.63) is 65.4 Å². The molecule has 0 bridgehead atoms. The van der Waals surface area contributed by atoms with Gasteiger partial charge in [0.1, 0.15) is 11.5 Å². The number of rotatable bonds is 6. The van der Waals surface area contributed by atoms with Crippen molar-refractivity contribution >= 4 is 40.3 Å². The van der Waals surface area contributed by atoms with E-state index in [-0.39, 0.29) is 0 Å². The minimum absolute atomic E-state index is 0.445. The minimum atomic E-state index is 0.445. The predicted molar refractivity (Wildman–Crippen MR) is 112 cm³/mol. The molecule has 27 heavy (non-hydrogen) atoms. The number of aromatic nitrogens is 2. The molecule has 6 nitrogen and oxygen atoms in total. The minimum Gasteiger partial charge on any atom is -0.497 e. The quantitative estimate of drug-likeness (QED) is 0.595. The lowest BCUT2D eigenvalue weighted by molar-refractivity contribution is 0.405. The molecule has 1 aromatic heterocycles. The van der Waals surface area contributed by atoms with Gasteiger partial charge in [0.2, 0.25) is 0 Å². The van der Waals surface area contributed by atoms with Gasteiger partial charge < -0.3 is 20.1 Å². The molecule has 0 saturated carbocycles. The lowest BCUT2D eigenvalue weighted by Crippen LogP contribution is -2.19. The van der Waals surface area contributed by atoms with E-state index in [9.17, 15) is 0 Å². The molecule has 0 spiro atoms. The van der Waals surface area contributed by atoms with E-state index in [0.29, 0.717) is 28.2 Å². The Bertz CT molecular complexity index is 945. The fraction of sp³-hybridized carbons (Fsp3) is 0.158. The van der Waals surface area contributed by atoms with Crippen molar-refractivity contribution in [2.45, 2.75) is 6.54 Å². The molecule has 0 amide bonds. The third-order valence-corrected chi connectivity index (χ3v) is 4.19. The first-order chi connectivity index (χ1) is 13.1. The number of nitrogens with zero attached hydrogens (tertiary/aromatic N) is 2. The highest BCUT2D eigenvalue weighted by molar-refractivity contribution is 7.80. The first-order valence-corrected chi connectivity index (χ1v) is 8.93. The molecule has 140 valence electrons. The molecule has 0 aliphatic heterocycles. The number of halogens is 1. The van der Waals surface area contributed by atoms with Crippen LogP contribution < -0.4 is 20.1 Å². The Kier molecular flexibility index (Phi) is 6.16. The Morgan fingerprint density at radius 3 is 2.70 bits per heavy atom. The number of methoxy groups -OCH3 is 2. The van der Waals surface area contributed by atoms with E-state index < -0.39 is 0 Å². The van der Waals surface area contributed by atoms with Crippen LogP contribution in [0.1, 0.15) is 5.56 Å². The third kappa shape index (κ3) is 5.12. The molecule has 3 rings (SSSR count). The summed E-state index contributed by atoms with van der Waals surface area (Å²) >= 11 is 11.3. The fourth-order valence-electron chi connectivity index (χ4n) is 2.56. The normalized spacial score (nSPS) is 10.3. The van der Waals surface area contributed by atoms with E-state index in [4.69, 9.17) is 33.3 Å². The number of ether oxygens (including phenoxy) is 2. The molecular weight excluding hydrogens is 384 g/mol. The predicted octanol–water partition coefficient (Wildman–Crippen LogP) is 4.41. The summed E-state index contributed by atoms with van der Waals surface area (Å²) in [4.78, 5) is 0. The molecule has 3 aromatic rings. The second-order valence-corrected chi connectivity index (χ2v) is 6.55. The number of thiocarbonyl (C=S) groups is 1. The van der Waals surface area contributed by atoms with Crippen LogP contribution in [0.4, 0.5) is 11.4 Å². The van der Waals surface area contributed by atoms with E-state index in [2.05, 4.69) is 15.7 Å². The van der Waals surface area contributed by atoms with Crippen molar-refractivity contribution in [3.63, 3.8) is 0 Å². The van der Waals surface area contributed by atoms with Gasteiger partial charge >= 0.3 is 0 Å². The maximum absolute atomic E-state index is 5.91. The monoisotopic (exact) mass is 402 g/mol. The van der Waals surface area contributed by atoms with E-state index in [1.54, 1.807) is 31.3 Å². The first-order valence-electron chi connectivity index (χ1n) is 8.14. The largest absolute Gasteiger partial charge is 0.497 e. The van der Waals surface area contributed by atoms with Crippen LogP contribution in [0, 0.1) is 0 Å². The van der Waals surface area contributed by atoms with E-state index in [1.165, 1.54) is 0 Å². The number of nitrogens with one attached hydrogen (secondary N) is 2. The van der Waals surface area contributed by atoms with Gasteiger partial charge in [-0.25, -0.2) is 0 Å². The zero-order chi connectivity index (χ0) is 19.2. The van der Waals surface area contributed by atoms with Crippen LogP contribution in [-0.2, 0) is 6.54 Å². The highest BCUT2D eigenvalue weighted by atomic mass is 35.5. The lowest BCUT2D eigenvalue weighted by atomic mass is 10.2. The Labute approximate surface area is 168 Å². The van der Waals surface area contributed by atoms with Crippen molar-refractivity contribution in [1.82, 2.24) is 9.78 Å². The van der Waals surface area contributed by atoms with Crippen LogP contribution in [0.2, 0.25) is 5.02 Å². The number of benzene rings is 2. The summed E-state index contributed by atoms with van der Waals surface area (Å²) in [5.41, 5.74) is 2.66. The molecule has 0 aliphatic carbocycles. The van der Waals surface area contributed by atoms with Gasteiger partial charge in [0.05, 0.1) is 37.7 Å². The standard InChI is InChI=1S/C19H19ClN4O2S/c1-25-16-6-7-18(26-2)17(9-16)23-19(27)22-15-5-3-4-13(8-15)11-24-12-14(20)10-21-24/h3-10,12H,11H2,1-2H3,(H2,22,23,27). The summed E-state index contributed by atoms with van der Waals surface area (Å²) in [6, 6.07) is 13.4. The van der Waals surface area contributed by atoms with Gasteiger partial charge in [-0.05, 0) is 42.0 Å². The van der Waals surface area contributed by atoms with Crippen molar-refractivity contribution in [2.24, 2.45) is 0 Å². The second kappa shape index (κ2) is 8.75. The van der Waals surface area contributed by atoms with Crippen LogP contribution in [0.15, 0.2) is 54.9 Å². The van der Waals surface area contributed by atoms with Crippen LogP contribution in [-0.4, -0.2) is 29.1 Å². The van der Waals surface area contributed by atoms with Crippen LogP contribution in [0.25, 0.3) is 0 Å². The zero-order valence-corrected chi connectivity index (χ0v) is 16.5. The SMILES string of the molecule is COc1ccc(OC)c(NC(=S)Nc2cccc(Cn3cc(Cl)cn3)c2)c1. The molecule has 0 unspecified atom stereocenters. The molecule has 0 atom stereocenters. The number of hydrogen-bond acceptors (Lipinski definition) is 4. The highest BCUT2D eigenvalue weighted by Gasteiger charge is 2.08. The molecule has 1 heterocycles. The maximum Gasteiger partial charge on any atom is 0.175 e. The molecule has 0 fully saturated rings. The Morgan fingerprint density at radius 2 is 2.00 bits per heavy atom. The average Bonchev–Trinajstić information content (AvgIpc) is 3.06. The molecule has 0 aliphatic rings. The first kappa shape index (κ1) is 19.0. The van der Waals surface area contributed by atoms with Gasteiger partial charge in [0.25, 0.3) is 0 Å². The summed E-state index contributed by atoms with van der Waals surface area (Å²) in [5.74, 6) is 1.38. The van der Waals surface area contributed by atoms with Crippen molar-refractivity contribution < 1.29 is 9.47 Å². The van der Waals surface area contributed by atoms with Gasteiger partial charge in [-0.15, -0.1) is 0 Å². The van der Waals surface area contributed by atoms with Crippen LogP contribution >= 0.6 is 23.8 Å². The van der Waals surface area contributed by atoms with Crippen LogP contribution in [0.5, 0.6) is 11.5 Å². The van der Waals surface area contributed by atoms with Crippen LogP contribution in [0.3, 0.4) is 0 Å². The zero-order valence-electron chi connectivity index (χ0n) is 14.9. The number of anilines is 2. The Balaban J connectivity index is 1.68. The number of hydrogen-bond donors (Lipinski definition) is 2. The average molecular weight is 403 g/mol. The molecular formula is C19H19ClN4O2S. The molecule has 0 saturated heterocycles. The Hall–Kier alpha value is -2.77. The van der Waals surface area contributed by atoms with E-state index >= 15 is 0 Å². The van der Waals surface area contributed by atoms with Crippen molar-refractivity contribution in [1.29, 1.82) is 0 Å². The molecule has 8 heteroatoms. The maximum atomic E-state index is 5.91. The third-order valence-electron chi connectivity index (χ3n) is 3.79. The fourth-order valence-corrected chi connectivity index (χ4v) is 2.94. The van der Waals surface area contributed by atoms with Gasteiger partial charge in [-0.2, -0.15) is 5.10 Å². The van der Waals surface area contributed by atoms with Gasteiger partial charge in [-0.3, -0.25) is 4.68 Å². The summed E-state index contributed by atoms with van der Waals surface area (Å²) in [6.07, 6.45) is 3.40. The van der Waals surface area contributed by atoms with Crippen molar-refractivity contribution in [2.75, 3.05) is 24.9 Å². The second-order valence-electron chi connectivity index (χ2n) is 5.70. The van der Waals surface area contributed by atoms with E-state index in [1.807, 2.05) is 42.5 Å². The Morgan fingerprint density at radius 1 is 1.15 bits per heavy atom. The molecule has 2 N–H and O–H groups in total. The topological polar surface area (TPSA) is 60.3 Å². The van der Waals surface area contributed by atoms with Gasteiger partial charge in [-0.1, -0.05) is 23.7 Å². The summed E-state index contributed by atoms with van der Waals surface area (Å²) in [6.45, 7) is 0.617.